The molecule has 0 spiro atoms. The summed E-state index contributed by atoms with van der Waals surface area (Å²) in [6.45, 7) is 7.90. The molecule has 1 fully saturated rings. The topological polar surface area (TPSA) is 103 Å². The van der Waals surface area contributed by atoms with E-state index in [9.17, 15) is 14.4 Å². The maximum atomic E-state index is 13.4. The third kappa shape index (κ3) is 5.07. The number of amides is 3. The fraction of sp³-hybridized carbons (Fsp3) is 0.500. The Labute approximate surface area is 189 Å². The van der Waals surface area contributed by atoms with Gasteiger partial charge in [-0.1, -0.05) is 32.0 Å². The average molecular weight is 440 g/mol. The number of nitrogens with one attached hydrogen (secondary N) is 3. The van der Waals surface area contributed by atoms with Gasteiger partial charge in [0.25, 0.3) is 0 Å². The van der Waals surface area contributed by atoms with E-state index in [2.05, 4.69) is 20.9 Å². The summed E-state index contributed by atoms with van der Waals surface area (Å²) in [5.74, 6) is -0.779. The van der Waals surface area contributed by atoms with E-state index in [0.29, 0.717) is 18.7 Å². The van der Waals surface area contributed by atoms with E-state index in [4.69, 9.17) is 0 Å². The summed E-state index contributed by atoms with van der Waals surface area (Å²) in [4.78, 5) is 45.1. The summed E-state index contributed by atoms with van der Waals surface area (Å²) in [6, 6.07) is 7.82. The normalized spacial score (nSPS) is 17.9. The second-order valence-electron chi connectivity index (χ2n) is 8.75. The van der Waals surface area contributed by atoms with Gasteiger partial charge < -0.3 is 20.9 Å². The van der Waals surface area contributed by atoms with E-state index < -0.39 is 18.1 Å². The van der Waals surface area contributed by atoms with Crippen molar-refractivity contribution in [2.24, 2.45) is 5.92 Å². The molecule has 3 amide bonds. The minimum Gasteiger partial charge on any atom is -0.343 e. The fourth-order valence-corrected chi connectivity index (χ4v) is 4.03. The van der Waals surface area contributed by atoms with Crippen molar-refractivity contribution in [2.75, 3.05) is 18.9 Å². The van der Waals surface area contributed by atoms with Gasteiger partial charge in [-0.15, -0.1) is 0 Å². The molecular formula is C24H33N5O3. The first-order valence-corrected chi connectivity index (χ1v) is 11.2. The van der Waals surface area contributed by atoms with Gasteiger partial charge in [0.2, 0.25) is 17.7 Å². The van der Waals surface area contributed by atoms with Gasteiger partial charge in [0.1, 0.15) is 12.1 Å². The molecular weight excluding hydrogens is 406 g/mol. The monoisotopic (exact) mass is 439 g/mol. The molecule has 2 aromatic rings. The quantitative estimate of drug-likeness (QED) is 0.614. The maximum absolute atomic E-state index is 13.4. The number of benzene rings is 1. The van der Waals surface area contributed by atoms with Crippen LogP contribution >= 0.6 is 0 Å². The highest BCUT2D eigenvalue weighted by atomic mass is 16.2. The van der Waals surface area contributed by atoms with Crippen molar-refractivity contribution < 1.29 is 14.4 Å². The van der Waals surface area contributed by atoms with Crippen LogP contribution in [0.2, 0.25) is 0 Å². The molecule has 0 unspecified atom stereocenters. The van der Waals surface area contributed by atoms with E-state index in [-0.39, 0.29) is 23.6 Å². The molecule has 8 heteroatoms. The summed E-state index contributed by atoms with van der Waals surface area (Å²) in [7, 11) is 1.70. The minimum atomic E-state index is -0.685. The summed E-state index contributed by atoms with van der Waals surface area (Å²) in [5, 5.41) is 9.61. The summed E-state index contributed by atoms with van der Waals surface area (Å²) >= 11 is 0. The van der Waals surface area contributed by atoms with Crippen molar-refractivity contribution in [3.8, 4) is 0 Å². The second kappa shape index (κ2) is 10.1. The molecule has 1 saturated heterocycles. The highest BCUT2D eigenvalue weighted by Gasteiger charge is 2.39. The molecule has 172 valence electrons. The largest absolute Gasteiger partial charge is 0.343 e. The van der Waals surface area contributed by atoms with Gasteiger partial charge in [-0.05, 0) is 51.8 Å². The maximum Gasteiger partial charge on any atom is 0.247 e. The van der Waals surface area contributed by atoms with Crippen molar-refractivity contribution in [3.05, 3.63) is 36.0 Å². The molecule has 2 heterocycles. The van der Waals surface area contributed by atoms with Crippen LogP contribution in [-0.2, 0) is 14.4 Å². The predicted molar refractivity (Wildman–Crippen MR) is 125 cm³/mol. The highest BCUT2D eigenvalue weighted by molar-refractivity contribution is 6.04. The Hall–Kier alpha value is -3.00. The summed E-state index contributed by atoms with van der Waals surface area (Å²) < 4.78 is 0. The molecule has 3 N–H and O–H groups in total. The Kier molecular flexibility index (Phi) is 7.45. The van der Waals surface area contributed by atoms with Gasteiger partial charge in [-0.3, -0.25) is 19.4 Å². The van der Waals surface area contributed by atoms with Crippen molar-refractivity contribution in [1.82, 2.24) is 20.5 Å². The Morgan fingerprint density at radius 2 is 1.88 bits per heavy atom. The second-order valence-corrected chi connectivity index (χ2v) is 8.75. The smallest absolute Gasteiger partial charge is 0.247 e. The Bertz CT molecular complexity index is 1010. The highest BCUT2D eigenvalue weighted by Crippen LogP contribution is 2.26. The Balaban J connectivity index is 1.79. The van der Waals surface area contributed by atoms with Crippen molar-refractivity contribution in [2.45, 2.75) is 58.7 Å². The molecule has 1 aliphatic heterocycles. The zero-order valence-electron chi connectivity index (χ0n) is 19.4. The predicted octanol–water partition coefficient (Wildman–Crippen LogP) is 2.22. The molecule has 1 aliphatic rings. The lowest BCUT2D eigenvalue weighted by Crippen LogP contribution is -2.56. The molecule has 8 nitrogen and oxygen atoms in total. The number of likely N-dealkylation sites (N-methyl/N-ethyl adjacent to an activating group) is 1. The number of likely N-dealkylation sites (tertiary alicyclic amines) is 1. The van der Waals surface area contributed by atoms with E-state index in [1.54, 1.807) is 18.9 Å². The lowest BCUT2D eigenvalue weighted by atomic mass is 10.0. The number of hydrogen-bond acceptors (Lipinski definition) is 5. The molecule has 0 radical (unpaired) electrons. The number of nitrogens with zero attached hydrogens (tertiary/aromatic N) is 2. The number of fused-ring (bicyclic) bond motifs is 1. The first kappa shape index (κ1) is 23.7. The lowest BCUT2D eigenvalue weighted by molar-refractivity contribution is -0.141. The third-order valence-electron chi connectivity index (χ3n) is 6.00. The number of aromatic nitrogens is 1. The molecule has 0 bridgehead atoms. The van der Waals surface area contributed by atoms with E-state index in [1.165, 1.54) is 0 Å². The van der Waals surface area contributed by atoms with Crippen LogP contribution in [0.25, 0.3) is 10.9 Å². The molecule has 1 aromatic carbocycles. The van der Waals surface area contributed by atoms with Crippen LogP contribution in [0.1, 0.15) is 39.3 Å². The van der Waals surface area contributed by atoms with Gasteiger partial charge in [0.05, 0.1) is 17.2 Å². The number of carbonyl (C=O) groups excluding carboxylic acids is 3. The molecule has 1 aromatic heterocycles. The lowest BCUT2D eigenvalue weighted by Gasteiger charge is -2.31. The van der Waals surface area contributed by atoms with Crippen LogP contribution in [-0.4, -0.2) is 59.3 Å². The Morgan fingerprint density at radius 1 is 1.16 bits per heavy atom. The van der Waals surface area contributed by atoms with Crippen LogP contribution in [0.3, 0.4) is 0 Å². The summed E-state index contributed by atoms with van der Waals surface area (Å²) in [5.41, 5.74) is 2.30. The van der Waals surface area contributed by atoms with Gasteiger partial charge in [-0.2, -0.15) is 0 Å². The number of rotatable bonds is 7. The van der Waals surface area contributed by atoms with Crippen molar-refractivity contribution in [1.29, 1.82) is 0 Å². The fourth-order valence-electron chi connectivity index (χ4n) is 4.03. The standard InChI is InChI=1S/C24H33N5O3/c1-14(2)21(28-22(30)16(4)25-5)24(32)29-12-8-11-20(29)23(31)27-19-13-15(3)26-18-10-7-6-9-17(18)19/h6-7,9-10,13-14,16,20-21,25H,8,11-12H2,1-5H3,(H,28,30)(H,26,27,31)/t16-,20-,21-/m0/s1. The van der Waals surface area contributed by atoms with E-state index in [1.807, 2.05) is 51.1 Å². The first-order valence-electron chi connectivity index (χ1n) is 11.2. The molecule has 3 atom stereocenters. The number of pyridine rings is 1. The molecule has 0 aliphatic carbocycles. The molecule has 32 heavy (non-hydrogen) atoms. The number of aryl methyl sites for hydroxylation is 1. The number of hydrogen-bond donors (Lipinski definition) is 3. The van der Waals surface area contributed by atoms with Crippen LogP contribution < -0.4 is 16.0 Å². The average Bonchev–Trinajstić information content (AvgIpc) is 3.26. The van der Waals surface area contributed by atoms with Crippen LogP contribution in [0, 0.1) is 12.8 Å². The first-order chi connectivity index (χ1) is 15.2. The van der Waals surface area contributed by atoms with Crippen molar-refractivity contribution >= 4 is 34.3 Å². The van der Waals surface area contributed by atoms with Crippen LogP contribution in [0.15, 0.2) is 30.3 Å². The van der Waals surface area contributed by atoms with Gasteiger partial charge in [-0.25, -0.2) is 0 Å². The van der Waals surface area contributed by atoms with E-state index in [0.717, 1.165) is 23.0 Å². The molecule has 3 rings (SSSR count). The van der Waals surface area contributed by atoms with Gasteiger partial charge >= 0.3 is 0 Å². The number of carbonyl (C=O) groups is 3. The zero-order chi connectivity index (χ0) is 23.4. The molecule has 0 saturated carbocycles. The number of anilines is 1. The third-order valence-corrected chi connectivity index (χ3v) is 6.00. The van der Waals surface area contributed by atoms with Crippen LogP contribution in [0.5, 0.6) is 0 Å². The SMILES string of the molecule is CN[C@@H](C)C(=O)N[C@H](C(=O)N1CCC[C@H]1C(=O)Nc1cc(C)nc2ccccc12)C(C)C. The number of para-hydroxylation sites is 1. The summed E-state index contributed by atoms with van der Waals surface area (Å²) in [6.07, 6.45) is 1.33. The Morgan fingerprint density at radius 3 is 2.56 bits per heavy atom. The van der Waals surface area contributed by atoms with E-state index >= 15 is 0 Å². The minimum absolute atomic E-state index is 0.105. The zero-order valence-corrected chi connectivity index (χ0v) is 19.4. The van der Waals surface area contributed by atoms with Gasteiger partial charge in [0, 0.05) is 17.6 Å². The van der Waals surface area contributed by atoms with Crippen LogP contribution in [0.4, 0.5) is 5.69 Å². The van der Waals surface area contributed by atoms with Gasteiger partial charge in [0.15, 0.2) is 0 Å². The van der Waals surface area contributed by atoms with Crippen molar-refractivity contribution in [3.63, 3.8) is 0 Å².